The van der Waals surface area contributed by atoms with E-state index in [1.54, 1.807) is 24.3 Å². The summed E-state index contributed by atoms with van der Waals surface area (Å²) in [5.74, 6) is -0.443. The Labute approximate surface area is 139 Å². The Kier molecular flexibility index (Phi) is 4.13. The molecule has 0 spiro atoms. The molecule has 1 heterocycles. The average molecular weight is 345 g/mol. The Morgan fingerprint density at radius 3 is 2.54 bits per heavy atom. The quantitative estimate of drug-likeness (QED) is 0.824. The molecule has 0 atom stereocenters. The summed E-state index contributed by atoms with van der Waals surface area (Å²) in [6.45, 7) is -0.654. The number of carbonyl (C=O) groups is 1. The minimum absolute atomic E-state index is 0.00424. The number of aliphatic hydroxyl groups excluding tert-OH is 1. The number of allylic oxidation sites excluding steroid dienone is 1. The number of hydrogen-bond acceptors (Lipinski definition) is 5. The van der Waals surface area contributed by atoms with Crippen LogP contribution in [0.2, 0.25) is 0 Å². The molecule has 0 saturated heterocycles. The lowest BCUT2D eigenvalue weighted by molar-refractivity contribution is 0.0998. The number of hydrogen-bond donors (Lipinski definition) is 2. The van der Waals surface area contributed by atoms with E-state index in [9.17, 15) is 23.4 Å². The zero-order chi connectivity index (χ0) is 17.3. The van der Waals surface area contributed by atoms with Gasteiger partial charge in [-0.25, -0.2) is 8.42 Å². The third-order valence-corrected chi connectivity index (χ3v) is 5.55. The molecule has 2 aromatic rings. The predicted molar refractivity (Wildman–Crippen MR) is 87.8 cm³/mol. The summed E-state index contributed by atoms with van der Waals surface area (Å²) in [5, 5.41) is 18.8. The summed E-state index contributed by atoms with van der Waals surface area (Å²) in [6, 6.07) is 12.1. The Balaban J connectivity index is 2.22. The number of aromatic hydroxyl groups is 1. The van der Waals surface area contributed by atoms with Crippen molar-refractivity contribution in [3.63, 3.8) is 0 Å². The lowest BCUT2D eigenvalue weighted by atomic mass is 10.1. The standard InChI is InChI=1S/C17H15NO5S/c19-9-8-18-15(11-12-4-3-5-13(20)10-12)17(21)14-6-1-2-7-16(14)24(18,22)23/h1-7,10-11,19-20H,8-9H2/b15-11+. The van der Waals surface area contributed by atoms with E-state index in [0.29, 0.717) is 5.56 Å². The van der Waals surface area contributed by atoms with Crippen LogP contribution in [0.15, 0.2) is 59.1 Å². The maximum Gasteiger partial charge on any atom is 0.265 e. The zero-order valence-corrected chi connectivity index (χ0v) is 13.4. The van der Waals surface area contributed by atoms with Crippen molar-refractivity contribution in [2.75, 3.05) is 13.2 Å². The van der Waals surface area contributed by atoms with Crippen molar-refractivity contribution in [3.05, 3.63) is 65.4 Å². The summed E-state index contributed by atoms with van der Waals surface area (Å²) < 4.78 is 26.5. The van der Waals surface area contributed by atoms with E-state index >= 15 is 0 Å². The molecule has 1 aliphatic heterocycles. The van der Waals surface area contributed by atoms with Gasteiger partial charge in [-0.1, -0.05) is 24.3 Å². The lowest BCUT2D eigenvalue weighted by Gasteiger charge is -2.30. The van der Waals surface area contributed by atoms with Crippen LogP contribution in [0, 0.1) is 0 Å². The fourth-order valence-electron chi connectivity index (χ4n) is 2.62. The number of phenolic OH excluding ortho intramolecular Hbond substituents is 1. The second-order valence-corrected chi connectivity index (χ2v) is 7.08. The van der Waals surface area contributed by atoms with E-state index in [4.69, 9.17) is 0 Å². The molecule has 0 saturated carbocycles. The van der Waals surface area contributed by atoms with Crippen LogP contribution in [0.4, 0.5) is 0 Å². The Morgan fingerprint density at radius 1 is 1.08 bits per heavy atom. The van der Waals surface area contributed by atoms with Crippen LogP contribution in [0.5, 0.6) is 5.75 Å². The number of ketones is 1. The number of sulfonamides is 1. The normalized spacial score (nSPS) is 17.8. The number of nitrogens with zero attached hydrogens (tertiary/aromatic N) is 1. The molecule has 124 valence electrons. The van der Waals surface area contributed by atoms with Crippen LogP contribution >= 0.6 is 0 Å². The van der Waals surface area contributed by atoms with Gasteiger partial charge in [0, 0.05) is 5.56 Å². The number of phenols is 1. The van der Waals surface area contributed by atoms with Crippen LogP contribution in [0.3, 0.4) is 0 Å². The minimum Gasteiger partial charge on any atom is -0.508 e. The van der Waals surface area contributed by atoms with E-state index in [1.807, 2.05) is 0 Å². The molecular weight excluding hydrogens is 330 g/mol. The van der Waals surface area contributed by atoms with Crippen LogP contribution in [-0.4, -0.2) is 41.9 Å². The highest BCUT2D eigenvalue weighted by Gasteiger charge is 2.38. The van der Waals surface area contributed by atoms with Crippen LogP contribution in [0.1, 0.15) is 15.9 Å². The molecule has 1 aliphatic rings. The molecule has 24 heavy (non-hydrogen) atoms. The molecule has 0 bridgehead atoms. The third-order valence-electron chi connectivity index (χ3n) is 3.68. The van der Waals surface area contributed by atoms with Crippen molar-refractivity contribution in [2.45, 2.75) is 4.90 Å². The molecule has 3 rings (SSSR count). The highest BCUT2D eigenvalue weighted by molar-refractivity contribution is 7.89. The Morgan fingerprint density at radius 2 is 1.83 bits per heavy atom. The molecule has 0 radical (unpaired) electrons. The molecule has 0 unspecified atom stereocenters. The molecule has 0 aromatic heterocycles. The van der Waals surface area contributed by atoms with Crippen LogP contribution < -0.4 is 0 Å². The second kappa shape index (κ2) is 6.10. The van der Waals surface area contributed by atoms with Gasteiger partial charge >= 0.3 is 0 Å². The van der Waals surface area contributed by atoms with Gasteiger partial charge in [0.15, 0.2) is 0 Å². The van der Waals surface area contributed by atoms with Gasteiger partial charge < -0.3 is 10.2 Å². The summed E-state index contributed by atoms with van der Waals surface area (Å²) in [5.41, 5.74) is 0.516. The van der Waals surface area contributed by atoms with Gasteiger partial charge in [0.1, 0.15) is 11.4 Å². The van der Waals surface area contributed by atoms with Gasteiger partial charge in [0.2, 0.25) is 5.78 Å². The number of fused-ring (bicyclic) bond motifs is 1. The maximum atomic E-state index is 12.8. The fraction of sp³-hybridized carbons (Fsp3) is 0.118. The fourth-order valence-corrected chi connectivity index (χ4v) is 4.26. The lowest BCUT2D eigenvalue weighted by Crippen LogP contribution is -2.40. The third kappa shape index (κ3) is 2.68. The van der Waals surface area contributed by atoms with E-state index in [2.05, 4.69) is 0 Å². The molecule has 7 heteroatoms. The van der Waals surface area contributed by atoms with Crippen molar-refractivity contribution in [1.29, 1.82) is 0 Å². The highest BCUT2D eigenvalue weighted by Crippen LogP contribution is 2.33. The summed E-state index contributed by atoms with van der Waals surface area (Å²) in [7, 11) is -3.94. The van der Waals surface area contributed by atoms with Crippen LogP contribution in [0.25, 0.3) is 6.08 Å². The predicted octanol–water partition coefficient (Wildman–Crippen LogP) is 1.61. The molecule has 6 nitrogen and oxygen atoms in total. The minimum atomic E-state index is -3.94. The molecule has 2 aromatic carbocycles. The smallest absolute Gasteiger partial charge is 0.265 e. The van der Waals surface area contributed by atoms with E-state index in [-0.39, 0.29) is 28.5 Å². The van der Waals surface area contributed by atoms with Gasteiger partial charge in [-0.2, -0.15) is 0 Å². The van der Waals surface area contributed by atoms with Gasteiger partial charge in [0.25, 0.3) is 10.0 Å². The number of benzene rings is 2. The number of β-amino-alcohol motifs (C(OH)–C–C–N with tert-alkyl or cyclic N) is 1. The van der Waals surface area contributed by atoms with Gasteiger partial charge in [0.05, 0.1) is 18.0 Å². The number of rotatable bonds is 3. The summed E-state index contributed by atoms with van der Waals surface area (Å²) >= 11 is 0. The molecule has 0 amide bonds. The van der Waals surface area contributed by atoms with E-state index in [0.717, 1.165) is 4.31 Å². The Hall–Kier alpha value is -2.64. The van der Waals surface area contributed by atoms with Crippen molar-refractivity contribution in [3.8, 4) is 5.75 Å². The molecular formula is C17H15NO5S. The average Bonchev–Trinajstić information content (AvgIpc) is 2.56. The first-order chi connectivity index (χ1) is 11.4. The molecule has 0 aliphatic carbocycles. The van der Waals surface area contributed by atoms with Gasteiger partial charge in [-0.05, 0) is 35.9 Å². The highest BCUT2D eigenvalue weighted by atomic mass is 32.2. The van der Waals surface area contributed by atoms with Crippen molar-refractivity contribution >= 4 is 21.9 Å². The molecule has 2 N–H and O–H groups in total. The van der Waals surface area contributed by atoms with Gasteiger partial charge in [-0.15, -0.1) is 0 Å². The molecule has 0 fully saturated rings. The topological polar surface area (TPSA) is 94.9 Å². The van der Waals surface area contributed by atoms with Gasteiger partial charge in [-0.3, -0.25) is 9.10 Å². The first-order valence-electron chi connectivity index (χ1n) is 7.23. The first-order valence-corrected chi connectivity index (χ1v) is 8.67. The number of Topliss-reactive ketones (excluding diaryl/α,β-unsaturated/α-hetero) is 1. The van der Waals surface area contributed by atoms with E-state index in [1.165, 1.54) is 30.3 Å². The van der Waals surface area contributed by atoms with Crippen molar-refractivity contribution in [2.24, 2.45) is 0 Å². The van der Waals surface area contributed by atoms with E-state index < -0.39 is 22.4 Å². The monoisotopic (exact) mass is 345 g/mol. The van der Waals surface area contributed by atoms with Crippen molar-refractivity contribution in [1.82, 2.24) is 4.31 Å². The largest absolute Gasteiger partial charge is 0.508 e. The Bertz CT molecular complexity index is 934. The zero-order valence-electron chi connectivity index (χ0n) is 12.6. The van der Waals surface area contributed by atoms with Crippen molar-refractivity contribution < 1.29 is 23.4 Å². The number of carbonyl (C=O) groups excluding carboxylic acids is 1. The summed E-state index contributed by atoms with van der Waals surface area (Å²) in [6.07, 6.45) is 1.39. The second-order valence-electron chi connectivity index (χ2n) is 5.25. The maximum absolute atomic E-state index is 12.8. The number of aliphatic hydroxyl groups is 1. The summed E-state index contributed by atoms with van der Waals surface area (Å²) in [4.78, 5) is 12.7. The van der Waals surface area contributed by atoms with Crippen LogP contribution in [-0.2, 0) is 10.0 Å². The first kappa shape index (κ1) is 16.2. The SMILES string of the molecule is O=C1/C(=C\c2cccc(O)c2)N(CCO)S(=O)(=O)c2ccccc21.